The number of hydrogen-bond acceptors (Lipinski definition) is 4. The highest BCUT2D eigenvalue weighted by Crippen LogP contribution is 2.27. The molecule has 0 fully saturated rings. The van der Waals surface area contributed by atoms with Crippen LogP contribution in [0.5, 0.6) is 11.6 Å². The zero-order valence-electron chi connectivity index (χ0n) is 14.0. The van der Waals surface area contributed by atoms with E-state index in [1.165, 1.54) is 5.52 Å². The number of hydrogen-bond donors (Lipinski definition) is 0. The van der Waals surface area contributed by atoms with Gasteiger partial charge in [-0.2, -0.15) is 0 Å². The van der Waals surface area contributed by atoms with Crippen molar-refractivity contribution in [2.24, 2.45) is 0 Å². The summed E-state index contributed by atoms with van der Waals surface area (Å²) < 4.78 is 7.98. The summed E-state index contributed by atoms with van der Waals surface area (Å²) >= 11 is 0. The van der Waals surface area contributed by atoms with E-state index in [1.807, 2.05) is 30.3 Å². The van der Waals surface area contributed by atoms with Crippen molar-refractivity contribution in [1.29, 1.82) is 0 Å². The number of imidazole rings is 1. The lowest BCUT2D eigenvalue weighted by atomic mass is 10.2. The maximum absolute atomic E-state index is 5.71. The van der Waals surface area contributed by atoms with Crippen LogP contribution in [0.4, 0.5) is 0 Å². The van der Waals surface area contributed by atoms with Crippen LogP contribution in [0.2, 0.25) is 0 Å². The predicted molar refractivity (Wildman–Crippen MR) is 97.6 cm³/mol. The molecule has 4 rings (SSSR count). The van der Waals surface area contributed by atoms with Crippen molar-refractivity contribution in [3.8, 4) is 23.0 Å². The van der Waals surface area contributed by atoms with Crippen molar-refractivity contribution in [3.63, 3.8) is 0 Å². The van der Waals surface area contributed by atoms with Gasteiger partial charge in [0.25, 0.3) is 0 Å². The molecule has 5 heteroatoms. The third kappa shape index (κ3) is 3.08. The van der Waals surface area contributed by atoms with Crippen molar-refractivity contribution < 1.29 is 4.74 Å². The van der Waals surface area contributed by atoms with Crippen LogP contribution in [0, 0.1) is 0 Å². The molecule has 0 unspecified atom stereocenters. The second-order valence-corrected chi connectivity index (χ2v) is 5.75. The molecule has 0 amide bonds. The highest BCUT2D eigenvalue weighted by Gasteiger charge is 2.12. The Morgan fingerprint density at radius 2 is 1.84 bits per heavy atom. The molecule has 2 aromatic heterocycles. The molecule has 0 aliphatic heterocycles. The number of aromatic nitrogens is 4. The van der Waals surface area contributed by atoms with E-state index >= 15 is 0 Å². The van der Waals surface area contributed by atoms with Crippen molar-refractivity contribution >= 4 is 11.0 Å². The molecule has 4 aromatic rings. The molecule has 2 aromatic carbocycles. The molecule has 0 bridgehead atoms. The van der Waals surface area contributed by atoms with Crippen molar-refractivity contribution in [3.05, 3.63) is 67.1 Å². The molecule has 25 heavy (non-hydrogen) atoms. The lowest BCUT2D eigenvalue weighted by molar-refractivity contribution is 0.460. The molecular weight excluding hydrogens is 312 g/mol. The summed E-state index contributed by atoms with van der Waals surface area (Å²) in [6, 6.07) is 16.2. The molecule has 0 saturated heterocycles. The highest BCUT2D eigenvalue weighted by molar-refractivity contribution is 5.80. The van der Waals surface area contributed by atoms with Crippen LogP contribution in [-0.4, -0.2) is 19.5 Å². The smallest absolute Gasteiger partial charge is 0.237 e. The summed E-state index contributed by atoms with van der Waals surface area (Å²) in [5, 5.41) is 0. The van der Waals surface area contributed by atoms with Crippen LogP contribution in [0.3, 0.4) is 0 Å². The number of benzene rings is 2. The molecule has 2 heterocycles. The minimum Gasteiger partial charge on any atom is -0.438 e. The SMILES string of the molecule is CCCn1c(-c2ccc(Oc3cnccn3)cc2)nc2ccccc21. The summed E-state index contributed by atoms with van der Waals surface area (Å²) in [7, 11) is 0. The summed E-state index contributed by atoms with van der Waals surface area (Å²) in [6.07, 6.45) is 5.88. The number of rotatable bonds is 5. The van der Waals surface area contributed by atoms with Gasteiger partial charge in [0.15, 0.2) is 0 Å². The van der Waals surface area contributed by atoms with Gasteiger partial charge in [-0.15, -0.1) is 0 Å². The molecule has 0 radical (unpaired) electrons. The van der Waals surface area contributed by atoms with Crippen LogP contribution >= 0.6 is 0 Å². The van der Waals surface area contributed by atoms with Crippen LogP contribution in [-0.2, 0) is 6.54 Å². The molecule has 0 aliphatic carbocycles. The van der Waals surface area contributed by atoms with E-state index in [4.69, 9.17) is 9.72 Å². The van der Waals surface area contributed by atoms with Crippen molar-refractivity contribution in [1.82, 2.24) is 19.5 Å². The van der Waals surface area contributed by atoms with E-state index in [9.17, 15) is 0 Å². The molecule has 0 saturated carbocycles. The fourth-order valence-corrected chi connectivity index (χ4v) is 2.88. The summed E-state index contributed by atoms with van der Waals surface area (Å²) in [5.41, 5.74) is 3.25. The standard InChI is InChI=1S/C20H18N4O/c1-2-13-24-18-6-4-3-5-17(18)23-20(24)15-7-9-16(10-8-15)25-19-14-21-11-12-22-19/h3-12,14H,2,13H2,1H3. The zero-order chi connectivity index (χ0) is 17.1. The Bertz CT molecular complexity index is 978. The number of fused-ring (bicyclic) bond motifs is 1. The van der Waals surface area contributed by atoms with Gasteiger partial charge in [-0.05, 0) is 42.8 Å². The average Bonchev–Trinajstić information content (AvgIpc) is 3.02. The number of para-hydroxylation sites is 2. The van der Waals surface area contributed by atoms with E-state index in [0.29, 0.717) is 5.88 Å². The minimum atomic E-state index is 0.480. The minimum absolute atomic E-state index is 0.480. The topological polar surface area (TPSA) is 52.8 Å². The Balaban J connectivity index is 1.68. The molecule has 124 valence electrons. The van der Waals surface area contributed by atoms with Gasteiger partial charge in [-0.1, -0.05) is 19.1 Å². The van der Waals surface area contributed by atoms with Gasteiger partial charge in [0.05, 0.1) is 17.2 Å². The highest BCUT2D eigenvalue weighted by atomic mass is 16.5. The first-order valence-electron chi connectivity index (χ1n) is 8.34. The third-order valence-electron chi connectivity index (χ3n) is 3.98. The van der Waals surface area contributed by atoms with Crippen LogP contribution in [0.25, 0.3) is 22.4 Å². The second-order valence-electron chi connectivity index (χ2n) is 5.75. The first-order valence-corrected chi connectivity index (χ1v) is 8.34. The van der Waals surface area contributed by atoms with Gasteiger partial charge in [0.2, 0.25) is 5.88 Å². The van der Waals surface area contributed by atoms with Crippen LogP contribution in [0.15, 0.2) is 67.1 Å². The quantitative estimate of drug-likeness (QED) is 0.532. The fraction of sp³-hybridized carbons (Fsp3) is 0.150. The summed E-state index contributed by atoms with van der Waals surface area (Å²) in [4.78, 5) is 12.9. The van der Waals surface area contributed by atoms with Crippen molar-refractivity contribution in [2.75, 3.05) is 0 Å². The lowest BCUT2D eigenvalue weighted by Gasteiger charge is -2.09. The largest absolute Gasteiger partial charge is 0.438 e. The maximum Gasteiger partial charge on any atom is 0.237 e. The molecule has 0 atom stereocenters. The second kappa shape index (κ2) is 6.73. The first-order chi connectivity index (χ1) is 12.3. The van der Waals surface area contributed by atoms with Gasteiger partial charge in [-0.3, -0.25) is 4.98 Å². The monoisotopic (exact) mass is 330 g/mol. The number of aryl methyl sites for hydroxylation is 1. The Morgan fingerprint density at radius 1 is 1.00 bits per heavy atom. The van der Waals surface area contributed by atoms with Gasteiger partial charge in [-0.25, -0.2) is 9.97 Å². The Kier molecular flexibility index (Phi) is 4.12. The van der Waals surface area contributed by atoms with Gasteiger partial charge < -0.3 is 9.30 Å². The van der Waals surface area contributed by atoms with E-state index in [0.717, 1.165) is 35.6 Å². The Hall–Kier alpha value is -3.21. The first kappa shape index (κ1) is 15.3. The lowest BCUT2D eigenvalue weighted by Crippen LogP contribution is -1.99. The number of nitrogens with zero attached hydrogens (tertiary/aromatic N) is 4. The molecule has 5 nitrogen and oxygen atoms in total. The normalized spacial score (nSPS) is 10.9. The van der Waals surface area contributed by atoms with Crippen LogP contribution < -0.4 is 4.74 Å². The predicted octanol–water partition coefficient (Wildman–Crippen LogP) is 4.70. The molecule has 0 spiro atoms. The van der Waals surface area contributed by atoms with Gasteiger partial charge in [0.1, 0.15) is 11.6 Å². The Labute approximate surface area is 146 Å². The van der Waals surface area contributed by atoms with Crippen LogP contribution in [0.1, 0.15) is 13.3 Å². The average molecular weight is 330 g/mol. The zero-order valence-corrected chi connectivity index (χ0v) is 14.0. The fourth-order valence-electron chi connectivity index (χ4n) is 2.88. The van der Waals surface area contributed by atoms with Gasteiger partial charge in [0, 0.05) is 24.5 Å². The summed E-state index contributed by atoms with van der Waals surface area (Å²) in [6.45, 7) is 3.12. The molecule has 0 N–H and O–H groups in total. The van der Waals surface area contributed by atoms with E-state index in [1.54, 1.807) is 18.6 Å². The molecule has 0 aliphatic rings. The third-order valence-corrected chi connectivity index (χ3v) is 3.98. The maximum atomic E-state index is 5.71. The van der Waals surface area contributed by atoms with Gasteiger partial charge >= 0.3 is 0 Å². The Morgan fingerprint density at radius 3 is 2.60 bits per heavy atom. The summed E-state index contributed by atoms with van der Waals surface area (Å²) in [5.74, 6) is 2.19. The number of ether oxygens (including phenoxy) is 1. The van der Waals surface area contributed by atoms with Crippen molar-refractivity contribution in [2.45, 2.75) is 19.9 Å². The molecular formula is C20H18N4O. The van der Waals surface area contributed by atoms with E-state index in [-0.39, 0.29) is 0 Å². The van der Waals surface area contributed by atoms with E-state index in [2.05, 4.69) is 39.7 Å². The van der Waals surface area contributed by atoms with E-state index < -0.39 is 0 Å².